The summed E-state index contributed by atoms with van der Waals surface area (Å²) in [6.07, 6.45) is -5.25. The smallest absolute Gasteiger partial charge is 0.202 e. The van der Waals surface area contributed by atoms with Crippen molar-refractivity contribution in [3.8, 4) is 0 Å². The Morgan fingerprint density at radius 2 is 0.553 bits per heavy atom. The van der Waals surface area contributed by atoms with Gasteiger partial charge in [0.05, 0.1) is 10.8 Å². The van der Waals surface area contributed by atoms with Crippen LogP contribution in [0.5, 0.6) is 0 Å². The second-order valence-corrected chi connectivity index (χ2v) is 21.0. The van der Waals surface area contributed by atoms with Crippen molar-refractivity contribution in [2.45, 2.75) is 4.90 Å². The SMILES string of the molecule is CS(=O)c1ccccc1C(=O)C[P+](c1ccccc1)(c1ccccc1)c1ccccc1.Fc1c(F)c(F)c([B-](c2c(F)c(F)c(F)c(F)c2F)(c2c(F)c(F)c(F)c(F)c2F)c2c(F)c(F)c(F)c(F)c2F)c(F)c1F. The topological polar surface area (TPSA) is 34.1 Å². The van der Waals surface area contributed by atoms with Crippen molar-refractivity contribution in [1.29, 1.82) is 0 Å². The van der Waals surface area contributed by atoms with Gasteiger partial charge in [-0.15, -0.1) is 21.9 Å². The number of halogens is 20. The van der Waals surface area contributed by atoms with Crippen LogP contribution in [0, 0.1) is 116 Å². The first-order valence-corrected chi connectivity index (χ1v) is 24.6. The highest BCUT2D eigenvalue weighted by Gasteiger charge is 2.53. The van der Waals surface area contributed by atoms with Crippen molar-refractivity contribution in [2.75, 3.05) is 12.4 Å². The molecule has 0 heterocycles. The predicted molar refractivity (Wildman–Crippen MR) is 242 cm³/mol. The molecule has 0 N–H and O–H groups in total. The quantitative estimate of drug-likeness (QED) is 0.0323. The predicted octanol–water partition coefficient (Wildman–Crippen LogP) is 10.4. The van der Waals surface area contributed by atoms with E-state index in [1.165, 1.54) is 0 Å². The molecular formula is C51H24BF20O2PS. The fraction of sp³-hybridized carbons (Fsp3) is 0.0392. The molecule has 1 atom stereocenters. The van der Waals surface area contributed by atoms with Crippen LogP contribution < -0.4 is 37.8 Å². The van der Waals surface area contributed by atoms with Crippen LogP contribution in [0.25, 0.3) is 0 Å². The van der Waals surface area contributed by atoms with E-state index in [-0.39, 0.29) is 5.78 Å². The Labute approximate surface area is 418 Å². The molecule has 1 unspecified atom stereocenters. The number of ketones is 1. The minimum atomic E-state index is -7.22. The first kappa shape index (κ1) is 56.4. The summed E-state index contributed by atoms with van der Waals surface area (Å²) in [5.74, 6) is -71.4. The highest BCUT2D eigenvalue weighted by Crippen LogP contribution is 2.55. The number of Topliss-reactive ketones (excluding diaryl/α,β-unsaturated/α-hetero) is 1. The Morgan fingerprint density at radius 3 is 0.789 bits per heavy atom. The number of carbonyl (C=O) groups excluding carboxylic acids is 1. The highest BCUT2D eigenvalue weighted by molar-refractivity contribution is 7.96. The van der Waals surface area contributed by atoms with E-state index in [0.29, 0.717) is 16.6 Å². The second-order valence-electron chi connectivity index (χ2n) is 16.1. The van der Waals surface area contributed by atoms with Crippen LogP contribution in [0.15, 0.2) is 120 Å². The number of hydrogen-bond acceptors (Lipinski definition) is 2. The third-order valence-electron chi connectivity index (χ3n) is 12.2. The van der Waals surface area contributed by atoms with Gasteiger partial charge in [-0.05, 0) is 42.5 Å². The minimum absolute atomic E-state index is 0.0238. The normalized spacial score (nSPS) is 12.1. The van der Waals surface area contributed by atoms with Gasteiger partial charge in [-0.25, -0.2) is 87.8 Å². The van der Waals surface area contributed by atoms with Gasteiger partial charge in [0.25, 0.3) is 0 Å². The lowest BCUT2D eigenvalue weighted by Gasteiger charge is -2.44. The van der Waals surface area contributed by atoms with Gasteiger partial charge in [0, 0.05) is 16.7 Å². The summed E-state index contributed by atoms with van der Waals surface area (Å²) >= 11 is 0. The van der Waals surface area contributed by atoms with Crippen LogP contribution in [0.4, 0.5) is 87.8 Å². The first-order chi connectivity index (χ1) is 35.8. The van der Waals surface area contributed by atoms with E-state index in [9.17, 15) is 61.7 Å². The highest BCUT2D eigenvalue weighted by atomic mass is 32.2. The minimum Gasteiger partial charge on any atom is -0.290 e. The Bertz CT molecular complexity index is 3150. The van der Waals surface area contributed by atoms with E-state index in [1.54, 1.807) is 18.4 Å². The summed E-state index contributed by atoms with van der Waals surface area (Å²) in [5.41, 5.74) is -13.8. The molecule has 394 valence electrons. The molecule has 8 rings (SSSR count). The van der Waals surface area contributed by atoms with Gasteiger partial charge in [0.2, 0.25) is 5.78 Å². The van der Waals surface area contributed by atoms with Gasteiger partial charge < -0.3 is 0 Å². The Balaban J connectivity index is 0.000000236. The van der Waals surface area contributed by atoms with Crippen LogP contribution in [-0.4, -0.2) is 28.6 Å². The van der Waals surface area contributed by atoms with Crippen LogP contribution in [-0.2, 0) is 10.8 Å². The van der Waals surface area contributed by atoms with E-state index in [2.05, 4.69) is 36.4 Å². The van der Waals surface area contributed by atoms with Crippen LogP contribution >= 0.6 is 7.26 Å². The maximum atomic E-state index is 15.4. The maximum absolute atomic E-state index is 15.4. The molecule has 8 aromatic carbocycles. The van der Waals surface area contributed by atoms with Crippen molar-refractivity contribution in [1.82, 2.24) is 0 Å². The third-order valence-corrected chi connectivity index (χ3v) is 17.5. The lowest BCUT2D eigenvalue weighted by Crippen LogP contribution is -2.81. The molecule has 25 heteroatoms. The molecule has 0 fully saturated rings. The van der Waals surface area contributed by atoms with Crippen molar-refractivity contribution in [2.24, 2.45) is 0 Å². The molecule has 0 amide bonds. The molecule has 0 spiro atoms. The number of benzene rings is 8. The van der Waals surface area contributed by atoms with E-state index in [4.69, 9.17) is 0 Å². The number of rotatable bonds is 11. The molecule has 0 saturated heterocycles. The van der Waals surface area contributed by atoms with Crippen LogP contribution in [0.3, 0.4) is 0 Å². The van der Waals surface area contributed by atoms with Crippen molar-refractivity contribution in [3.63, 3.8) is 0 Å². The molecular weight excluding hydrogens is 1100 g/mol. The summed E-state index contributed by atoms with van der Waals surface area (Å²) < 4.78 is 306. The van der Waals surface area contributed by atoms with Gasteiger partial charge in [0.15, 0.2) is 69.8 Å². The third kappa shape index (κ3) is 9.01. The molecule has 8 aromatic rings. The molecule has 0 saturated carbocycles. The molecule has 0 aliphatic carbocycles. The zero-order chi connectivity index (χ0) is 56.0. The summed E-state index contributed by atoms with van der Waals surface area (Å²) in [7, 11) is -3.50. The lowest BCUT2D eigenvalue weighted by atomic mass is 9.12. The lowest BCUT2D eigenvalue weighted by molar-refractivity contribution is 0.101. The maximum Gasteiger partial charge on any atom is 0.202 e. The molecule has 0 bridgehead atoms. The Hall–Kier alpha value is -7.33. The van der Waals surface area contributed by atoms with Gasteiger partial charge >= 0.3 is 0 Å². The van der Waals surface area contributed by atoms with E-state index in [0.717, 1.165) is 15.9 Å². The fourth-order valence-electron chi connectivity index (χ4n) is 8.89. The Kier molecular flexibility index (Phi) is 16.1. The number of carbonyl (C=O) groups is 1. The van der Waals surface area contributed by atoms with Gasteiger partial charge in [-0.3, -0.25) is 9.00 Å². The molecule has 0 aliphatic rings. The van der Waals surface area contributed by atoms with E-state index in [1.807, 2.05) is 66.7 Å². The van der Waals surface area contributed by atoms with Gasteiger partial charge in [-0.1, -0.05) is 72.8 Å². The molecule has 0 aliphatic heterocycles. The molecule has 2 nitrogen and oxygen atoms in total. The molecule has 0 radical (unpaired) electrons. The summed E-state index contributed by atoms with van der Waals surface area (Å²) in [6, 6.07) is 38.3. The van der Waals surface area contributed by atoms with Crippen LogP contribution in [0.1, 0.15) is 10.4 Å². The van der Waals surface area contributed by atoms with Crippen molar-refractivity contribution in [3.05, 3.63) is 237 Å². The zero-order valence-corrected chi connectivity index (χ0v) is 39.2. The zero-order valence-electron chi connectivity index (χ0n) is 37.5. The molecule has 76 heavy (non-hydrogen) atoms. The summed E-state index contributed by atoms with van der Waals surface area (Å²) in [4.78, 5) is 14.4. The number of hydrogen-bond donors (Lipinski definition) is 0. The first-order valence-electron chi connectivity index (χ1n) is 21.1. The standard InChI is InChI=1S/C27H24O2PS.C24BF20/c1-31(29)27-20-12-11-19-25(27)26(28)21-30(22-13-5-2-6-14-22,23-15-7-3-8-16-23)24-17-9-4-10-18-24;26-5-1(6(27)14(35)21(42)13(5)34)25(2-7(28)15(36)22(43)16(37)8(2)29,3-9(30)17(38)23(44)18(39)10(3)31)4-11(32)19(40)24(45)20(41)12(4)33/h2-20H,21H2,1H3;/q+1;-1. The average molecular weight is 1120 g/mol. The monoisotopic (exact) mass is 1120 g/mol. The molecule has 0 aromatic heterocycles. The fourth-order valence-corrected chi connectivity index (χ4v) is 13.7. The van der Waals surface area contributed by atoms with Crippen LogP contribution in [0.2, 0.25) is 0 Å². The Morgan fingerprint density at radius 1 is 0.342 bits per heavy atom. The van der Waals surface area contributed by atoms with Gasteiger partial charge in [0.1, 0.15) is 82.0 Å². The van der Waals surface area contributed by atoms with Crippen molar-refractivity contribution >= 4 is 67.8 Å². The van der Waals surface area contributed by atoms with E-state index < -0.39 is 162 Å². The van der Waals surface area contributed by atoms with Crippen molar-refractivity contribution < 1.29 is 96.8 Å². The van der Waals surface area contributed by atoms with E-state index >= 15 is 35.1 Å². The second kappa shape index (κ2) is 21.7. The summed E-state index contributed by atoms with van der Waals surface area (Å²) in [5, 5.41) is 3.49. The largest absolute Gasteiger partial charge is 0.290 e. The summed E-state index contributed by atoms with van der Waals surface area (Å²) in [6.45, 7) is 0. The average Bonchev–Trinajstić information content (AvgIpc) is 3.43. The van der Waals surface area contributed by atoms with Gasteiger partial charge in [-0.2, -0.15) is 0 Å².